The van der Waals surface area contributed by atoms with Crippen molar-refractivity contribution in [3.63, 3.8) is 0 Å². The van der Waals surface area contributed by atoms with Crippen molar-refractivity contribution in [1.29, 1.82) is 0 Å². The van der Waals surface area contributed by atoms with Crippen LogP contribution >= 0.6 is 0 Å². The molecule has 0 atom stereocenters. The van der Waals surface area contributed by atoms with Crippen LogP contribution in [0.5, 0.6) is 5.75 Å². The lowest BCUT2D eigenvalue weighted by molar-refractivity contribution is 0.192. The first-order chi connectivity index (χ1) is 10.0. The number of unbranched alkanes of at least 4 members (excludes halogenated alkanes) is 2. The highest BCUT2D eigenvalue weighted by Crippen LogP contribution is 2.24. The third kappa shape index (κ3) is 5.62. The van der Waals surface area contributed by atoms with Crippen LogP contribution in [-0.4, -0.2) is 35.8 Å². The summed E-state index contributed by atoms with van der Waals surface area (Å²) in [6, 6.07) is 4.86. The van der Waals surface area contributed by atoms with Crippen molar-refractivity contribution in [3.8, 4) is 5.75 Å². The molecule has 3 N–H and O–H groups in total. The number of ether oxygens (including phenoxy) is 2. The summed E-state index contributed by atoms with van der Waals surface area (Å²) in [5, 5.41) is 0. The first-order valence-electron chi connectivity index (χ1n) is 6.90. The third-order valence-corrected chi connectivity index (χ3v) is 4.57. The first-order valence-corrected chi connectivity index (χ1v) is 8.39. The van der Waals surface area contributed by atoms with Crippen LogP contribution in [0.3, 0.4) is 0 Å². The zero-order valence-electron chi connectivity index (χ0n) is 12.6. The number of hydrogen-bond donors (Lipinski definition) is 2. The number of benzene rings is 1. The highest BCUT2D eigenvalue weighted by atomic mass is 32.2. The van der Waals surface area contributed by atoms with Crippen molar-refractivity contribution < 1.29 is 17.9 Å². The second-order valence-corrected chi connectivity index (χ2v) is 6.38. The van der Waals surface area contributed by atoms with Crippen molar-refractivity contribution in [3.05, 3.63) is 23.8 Å². The number of methoxy groups -OCH3 is 2. The molecule has 1 aromatic carbocycles. The number of sulfonamides is 1. The van der Waals surface area contributed by atoms with Crippen molar-refractivity contribution in [2.24, 2.45) is 5.73 Å². The average Bonchev–Trinajstić information content (AvgIpc) is 2.50. The molecule has 0 aliphatic rings. The van der Waals surface area contributed by atoms with Gasteiger partial charge in [0.1, 0.15) is 10.6 Å². The second kappa shape index (κ2) is 8.99. The van der Waals surface area contributed by atoms with Gasteiger partial charge in [-0.1, -0.05) is 6.07 Å². The lowest BCUT2D eigenvalue weighted by Crippen LogP contribution is -2.25. The van der Waals surface area contributed by atoms with Gasteiger partial charge in [0, 0.05) is 26.8 Å². The highest BCUT2D eigenvalue weighted by Gasteiger charge is 2.19. The van der Waals surface area contributed by atoms with Crippen LogP contribution in [-0.2, 0) is 21.3 Å². The summed E-state index contributed by atoms with van der Waals surface area (Å²) in [5.74, 6) is 0.310. The number of nitrogens with one attached hydrogen (secondary N) is 1. The molecule has 21 heavy (non-hydrogen) atoms. The van der Waals surface area contributed by atoms with Crippen molar-refractivity contribution in [1.82, 2.24) is 4.72 Å². The van der Waals surface area contributed by atoms with Crippen LogP contribution in [0, 0.1) is 0 Å². The normalized spacial score (nSPS) is 11.6. The number of rotatable bonds is 10. The molecule has 0 spiro atoms. The second-order valence-electron chi connectivity index (χ2n) is 4.64. The smallest absolute Gasteiger partial charge is 0.244 e. The Kier molecular flexibility index (Phi) is 7.66. The first kappa shape index (κ1) is 17.9. The molecule has 0 fully saturated rings. The van der Waals surface area contributed by atoms with Crippen LogP contribution in [0.2, 0.25) is 0 Å². The van der Waals surface area contributed by atoms with Gasteiger partial charge in [-0.15, -0.1) is 0 Å². The Morgan fingerprint density at radius 2 is 1.95 bits per heavy atom. The van der Waals surface area contributed by atoms with E-state index in [1.807, 2.05) is 0 Å². The van der Waals surface area contributed by atoms with Crippen molar-refractivity contribution in [2.75, 3.05) is 27.4 Å². The minimum Gasteiger partial charge on any atom is -0.495 e. The highest BCUT2D eigenvalue weighted by molar-refractivity contribution is 7.89. The molecule has 0 saturated heterocycles. The molecule has 0 unspecified atom stereocenters. The molecule has 0 aliphatic heterocycles. The Morgan fingerprint density at radius 3 is 2.57 bits per heavy atom. The molecular formula is C14H24N2O4S. The fraction of sp³-hybridized carbons (Fsp3) is 0.571. The van der Waals surface area contributed by atoms with E-state index in [9.17, 15) is 8.42 Å². The lowest BCUT2D eigenvalue weighted by Gasteiger charge is -2.12. The Bertz CT molecular complexity index is 532. The molecule has 0 saturated carbocycles. The van der Waals surface area contributed by atoms with E-state index in [0.717, 1.165) is 24.8 Å². The zero-order chi connectivity index (χ0) is 15.7. The monoisotopic (exact) mass is 316 g/mol. The minimum absolute atomic E-state index is 0.138. The summed E-state index contributed by atoms with van der Waals surface area (Å²) < 4.78 is 37.2. The SMILES string of the molecule is COCCCCCNS(=O)(=O)c1ccc(CN)cc1OC. The van der Waals surface area contributed by atoms with Gasteiger partial charge < -0.3 is 15.2 Å². The molecule has 0 amide bonds. The summed E-state index contributed by atoms with van der Waals surface area (Å²) >= 11 is 0. The fourth-order valence-electron chi connectivity index (χ4n) is 1.89. The summed E-state index contributed by atoms with van der Waals surface area (Å²) in [4.78, 5) is 0.138. The van der Waals surface area contributed by atoms with Gasteiger partial charge in [-0.3, -0.25) is 0 Å². The summed E-state index contributed by atoms with van der Waals surface area (Å²) in [7, 11) is -0.471. The molecule has 7 heteroatoms. The van der Waals surface area contributed by atoms with Crippen molar-refractivity contribution >= 4 is 10.0 Å². The molecule has 120 valence electrons. The molecule has 0 radical (unpaired) electrons. The number of hydrogen-bond acceptors (Lipinski definition) is 5. The van der Waals surface area contributed by atoms with Crippen LogP contribution in [0.1, 0.15) is 24.8 Å². The maximum atomic E-state index is 12.3. The van der Waals surface area contributed by atoms with Gasteiger partial charge in [-0.2, -0.15) is 0 Å². The lowest BCUT2D eigenvalue weighted by atomic mass is 10.2. The largest absolute Gasteiger partial charge is 0.495 e. The van der Waals surface area contributed by atoms with E-state index in [0.29, 0.717) is 25.4 Å². The van der Waals surface area contributed by atoms with Gasteiger partial charge in [-0.05, 0) is 37.0 Å². The number of nitrogens with two attached hydrogens (primary N) is 1. The van der Waals surface area contributed by atoms with Gasteiger partial charge in [0.15, 0.2) is 0 Å². The fourth-order valence-corrected chi connectivity index (χ4v) is 3.12. The zero-order valence-corrected chi connectivity index (χ0v) is 13.4. The molecule has 1 aromatic rings. The quantitative estimate of drug-likeness (QED) is 0.634. The van der Waals surface area contributed by atoms with E-state index in [-0.39, 0.29) is 4.90 Å². The Labute approximate surface area is 126 Å². The van der Waals surface area contributed by atoms with E-state index in [1.54, 1.807) is 19.2 Å². The molecule has 0 aromatic heterocycles. The van der Waals surface area contributed by atoms with E-state index in [2.05, 4.69) is 4.72 Å². The predicted molar refractivity (Wildman–Crippen MR) is 81.8 cm³/mol. The molecular weight excluding hydrogens is 292 g/mol. The maximum Gasteiger partial charge on any atom is 0.244 e. The van der Waals surface area contributed by atoms with Crippen molar-refractivity contribution in [2.45, 2.75) is 30.7 Å². The van der Waals surface area contributed by atoms with E-state index in [1.165, 1.54) is 13.2 Å². The van der Waals surface area contributed by atoms with Gasteiger partial charge in [0.25, 0.3) is 0 Å². The molecule has 1 rings (SSSR count). The molecule has 0 heterocycles. The van der Waals surface area contributed by atoms with E-state index in [4.69, 9.17) is 15.2 Å². The summed E-state index contributed by atoms with van der Waals surface area (Å²) in [5.41, 5.74) is 6.36. The van der Waals surface area contributed by atoms with Gasteiger partial charge in [0.05, 0.1) is 7.11 Å². The van der Waals surface area contributed by atoms with E-state index < -0.39 is 10.0 Å². The molecule has 0 aliphatic carbocycles. The van der Waals surface area contributed by atoms with Gasteiger partial charge in [0.2, 0.25) is 10.0 Å². The summed E-state index contributed by atoms with van der Waals surface area (Å²) in [6.07, 6.45) is 2.61. The average molecular weight is 316 g/mol. The Morgan fingerprint density at radius 1 is 1.19 bits per heavy atom. The Balaban J connectivity index is 2.65. The topological polar surface area (TPSA) is 90.7 Å². The molecule has 0 bridgehead atoms. The standard InChI is InChI=1S/C14H24N2O4S/c1-19-9-5-3-4-8-16-21(17,18)14-7-6-12(11-15)10-13(14)20-2/h6-7,10,16H,3-5,8-9,11,15H2,1-2H3. The van der Waals surface area contributed by atoms with Gasteiger partial charge >= 0.3 is 0 Å². The third-order valence-electron chi connectivity index (χ3n) is 3.07. The van der Waals surface area contributed by atoms with Crippen LogP contribution in [0.15, 0.2) is 23.1 Å². The summed E-state index contributed by atoms with van der Waals surface area (Å²) in [6.45, 7) is 1.43. The maximum absolute atomic E-state index is 12.3. The minimum atomic E-state index is -3.57. The van der Waals surface area contributed by atoms with Crippen LogP contribution in [0.25, 0.3) is 0 Å². The van der Waals surface area contributed by atoms with Crippen LogP contribution < -0.4 is 15.2 Å². The predicted octanol–water partition coefficient (Wildman–Crippen LogP) is 1.25. The molecule has 6 nitrogen and oxygen atoms in total. The Hall–Kier alpha value is -1.15. The van der Waals surface area contributed by atoms with Gasteiger partial charge in [-0.25, -0.2) is 13.1 Å². The van der Waals surface area contributed by atoms with E-state index >= 15 is 0 Å². The van der Waals surface area contributed by atoms with Crippen LogP contribution in [0.4, 0.5) is 0 Å².